The summed E-state index contributed by atoms with van der Waals surface area (Å²) < 4.78 is 5.80. The molecular weight excluding hydrogens is 1610 g/mol. The van der Waals surface area contributed by atoms with Crippen molar-refractivity contribution >= 4 is 118 Å². The Morgan fingerprint density at radius 1 is 0.379 bits per heavy atom. The first kappa shape index (κ1) is 111. The van der Waals surface area contributed by atoms with Gasteiger partial charge in [-0.15, -0.1) is 0 Å². The summed E-state index contributed by atoms with van der Waals surface area (Å²) in [7, 11) is 0. The zero-order valence-corrected chi connectivity index (χ0v) is 75.7. The first-order chi connectivity index (χ1) is 57.9. The minimum Gasteiger partial charge on any atom is -0.481 e. The Morgan fingerprint density at radius 3 is 1.13 bits per heavy atom. The van der Waals surface area contributed by atoms with Crippen LogP contribution in [0.5, 0.6) is 0 Å². The Kier molecular flexibility index (Phi) is 51.9. The second kappa shape index (κ2) is 57.8. The summed E-state index contributed by atoms with van der Waals surface area (Å²) in [6.07, 6.45) is 1.18. The Labute approximate surface area is 728 Å². The monoisotopic (exact) mass is 1760 g/mol. The number of primary amides is 4. The highest BCUT2D eigenvalue weighted by molar-refractivity contribution is 6.01. The average molecular weight is 1760 g/mol. The van der Waals surface area contributed by atoms with Gasteiger partial charge in [-0.1, -0.05) is 163 Å². The van der Waals surface area contributed by atoms with Gasteiger partial charge < -0.3 is 107 Å². The zero-order chi connectivity index (χ0) is 94.5. The van der Waals surface area contributed by atoms with Crippen molar-refractivity contribution in [1.82, 2.24) is 74.4 Å². The number of ether oxygens (including phenoxy) is 1. The molecule has 0 radical (unpaired) electrons. The highest BCUT2D eigenvalue weighted by Crippen LogP contribution is 2.19. The molecule has 0 unspecified atom stereocenters. The van der Waals surface area contributed by atoms with Crippen LogP contribution in [-0.4, -0.2) is 215 Å². The minimum absolute atomic E-state index is 0.0444. The normalized spacial score (nSPS) is 20.4. The molecule has 18 amide bonds. The lowest BCUT2D eigenvalue weighted by atomic mass is 9.97. The van der Waals surface area contributed by atoms with Crippen LogP contribution in [0, 0.1) is 47.3 Å². The van der Waals surface area contributed by atoms with Gasteiger partial charge in [0.05, 0.1) is 0 Å². The number of aliphatic carboxylic acids is 1. The number of hydrogen-bond donors (Lipinski definition) is 19. The number of amides is 18. The van der Waals surface area contributed by atoms with Gasteiger partial charge in [0.15, 0.2) is 0 Å². The molecule has 1 fully saturated rings. The van der Waals surface area contributed by atoms with Gasteiger partial charge in [-0.25, -0.2) is 4.79 Å². The molecule has 124 heavy (non-hydrogen) atoms. The number of unbranched alkanes of at least 4 members (excludes halogenated alkanes) is 6. The lowest BCUT2D eigenvalue weighted by Gasteiger charge is -2.30. The molecule has 704 valence electrons. The average Bonchev–Trinajstić information content (AvgIpc) is 0.983. The van der Waals surface area contributed by atoms with Crippen LogP contribution in [0.2, 0.25) is 0 Å². The maximum Gasteiger partial charge on any atom is 0.329 e. The topological polar surface area (TPSA) is 643 Å². The summed E-state index contributed by atoms with van der Waals surface area (Å²) in [6, 6.07) is -22.6. The van der Waals surface area contributed by atoms with Crippen molar-refractivity contribution < 1.29 is 106 Å². The number of nitrogens with two attached hydrogens (primary N) is 4. The van der Waals surface area contributed by atoms with Crippen LogP contribution in [0.25, 0.3) is 0 Å². The summed E-state index contributed by atoms with van der Waals surface area (Å²) >= 11 is 0. The van der Waals surface area contributed by atoms with E-state index < -0.39 is 297 Å². The Hall–Kier alpha value is -10.6. The molecule has 0 spiro atoms. The van der Waals surface area contributed by atoms with Gasteiger partial charge in [-0.3, -0.25) is 91.1 Å². The molecule has 40 nitrogen and oxygen atoms in total. The molecule has 1 rings (SSSR count). The van der Waals surface area contributed by atoms with Gasteiger partial charge >= 0.3 is 11.9 Å². The Bertz CT molecular complexity index is 3590. The van der Waals surface area contributed by atoms with Gasteiger partial charge in [-0.05, 0) is 118 Å². The number of carbonyl (C=O) groups is 20. The Morgan fingerprint density at radius 2 is 0.734 bits per heavy atom. The third kappa shape index (κ3) is 44.6. The smallest absolute Gasteiger partial charge is 0.329 e. The molecule has 23 N–H and O–H groups in total. The van der Waals surface area contributed by atoms with Gasteiger partial charge in [0.2, 0.25) is 106 Å². The number of hydrogen-bond acceptors (Lipinski definition) is 21. The van der Waals surface area contributed by atoms with E-state index in [1.807, 2.05) is 0 Å². The van der Waals surface area contributed by atoms with Crippen LogP contribution < -0.4 is 97.4 Å². The fraction of sp³-hybridized carbons (Fsp3) is 0.762. The fourth-order valence-corrected chi connectivity index (χ4v) is 13.4. The summed E-state index contributed by atoms with van der Waals surface area (Å²) in [5.41, 5.74) is 22.2. The Balaban J connectivity index is 4.23. The highest BCUT2D eigenvalue weighted by Gasteiger charge is 2.41. The molecule has 1 aliphatic heterocycles. The number of nitrogens with one attached hydrogen (secondary N) is 14. The molecule has 15 atom stereocenters. The van der Waals surface area contributed by atoms with Gasteiger partial charge in [0.1, 0.15) is 91.2 Å². The molecular formula is C84H146N18O22. The summed E-state index contributed by atoms with van der Waals surface area (Å²) in [4.78, 5) is 280. The number of carboxylic acids is 1. The van der Waals surface area contributed by atoms with E-state index in [1.165, 1.54) is 34.6 Å². The van der Waals surface area contributed by atoms with Crippen LogP contribution in [-0.2, 0) is 101 Å². The maximum absolute atomic E-state index is 15.1. The number of esters is 1. The van der Waals surface area contributed by atoms with Crippen LogP contribution >= 0.6 is 0 Å². The van der Waals surface area contributed by atoms with E-state index in [1.54, 1.807) is 76.2 Å². The first-order valence-corrected chi connectivity index (χ1v) is 43.7. The molecule has 0 aliphatic carbocycles. The van der Waals surface area contributed by atoms with Crippen molar-refractivity contribution in [3.63, 3.8) is 0 Å². The zero-order valence-electron chi connectivity index (χ0n) is 75.7. The van der Waals surface area contributed by atoms with E-state index in [2.05, 4.69) is 81.4 Å². The van der Waals surface area contributed by atoms with Crippen molar-refractivity contribution in [3.8, 4) is 0 Å². The lowest BCUT2D eigenvalue weighted by Crippen LogP contribution is -2.62. The van der Waals surface area contributed by atoms with Crippen LogP contribution in [0.4, 0.5) is 0 Å². The fourth-order valence-electron chi connectivity index (χ4n) is 13.4. The predicted octanol–water partition coefficient (Wildman–Crippen LogP) is -0.0135. The first-order valence-electron chi connectivity index (χ1n) is 43.7. The molecule has 1 aliphatic rings. The van der Waals surface area contributed by atoms with E-state index in [4.69, 9.17) is 27.7 Å². The second-order valence-electron chi connectivity index (χ2n) is 35.2. The van der Waals surface area contributed by atoms with E-state index >= 15 is 9.59 Å². The minimum atomic E-state index is -2.10. The molecule has 1 heterocycles. The molecule has 0 aromatic carbocycles. The van der Waals surface area contributed by atoms with Crippen molar-refractivity contribution in [3.05, 3.63) is 0 Å². The largest absolute Gasteiger partial charge is 0.481 e. The van der Waals surface area contributed by atoms with E-state index in [9.17, 15) is 91.4 Å². The SMILES string of the molecule is CCCCCCCCCC(=O)N[C@@H](CC(C)C)C(=O)N[C@H](CCC(=O)O)C(=O)N[C@H](CCC(N)=O)C(=O)N[C@@H](C(=O)N[C@H](CC(C)C)C(=O)N[C@@H](CCC(N)=O)C(=O)N[C@@H]1COC(=O)[C@H]([C@@H](C)CC)NC(=O)[C@@H](CCC(N)=O)NC(=O)[C@H](CC(C)C)NC(=O)[C@@H](CC(C)C)NC(=O)[C@@H](CCC(N)=O)NC(=O)[C@@H](CC(C)C)NC(=O)[C@@H](C(C)C)NC1=O)C(C)C. The molecule has 0 bridgehead atoms. The predicted molar refractivity (Wildman–Crippen MR) is 458 cm³/mol. The number of carbonyl (C=O) groups excluding carboxylic acids is 19. The number of carboxylic acid groups (broad SMARTS) is 1. The van der Waals surface area contributed by atoms with Gasteiger partial charge in [0, 0.05) is 38.5 Å². The maximum atomic E-state index is 15.1. The lowest BCUT2D eigenvalue weighted by molar-refractivity contribution is -0.152. The van der Waals surface area contributed by atoms with Gasteiger partial charge in [-0.2, -0.15) is 0 Å². The quantitative estimate of drug-likeness (QED) is 0.0281. The summed E-state index contributed by atoms with van der Waals surface area (Å²) in [6.45, 7) is 27.4. The molecule has 40 heteroatoms. The van der Waals surface area contributed by atoms with E-state index in [0.717, 1.165) is 38.5 Å². The molecule has 1 saturated heterocycles. The van der Waals surface area contributed by atoms with E-state index in [-0.39, 0.29) is 68.6 Å². The standard InChI is InChI=1S/C84H146N18O22/c1-18-20-21-22-23-24-25-26-66(107)89-56(37-43(3)4)76(115)94-55(31-36-67(108)109)71(110)90-53(29-34-64(87)105)74(113)100-68(48(13)14)82(121)97-60(41-47(11)12)79(118)92-52(28-33-63(86)104)73(112)99-61-42-124-84(123)70(50(17)19-2)102-75(114)54(30-35-65(88)106)93-77(116)57(38-44(5)6)96-80(119)58(39-45(7)8)95-72(111)51(27-32-62(85)103)91-78(117)59(40-46(9)10)98-83(122)69(49(15)16)101-81(61)120/h43-61,68-70H,18-42H2,1-17H3,(H2,85,103)(H2,86,104)(H2,87,105)(H2,88,106)(H,89,107)(H,90,110)(H,91,117)(H,92,118)(H,93,116)(H,94,115)(H,95,111)(H,96,119)(H,97,121)(H,98,122)(H,99,112)(H,100,113)(H,101,120)(H,102,114)(H,108,109)/t50-,51+,52-,53+,54+,55+,56-,57-,58+,59+,60+,61+,68+,69+,70-/m0/s1. The van der Waals surface area contributed by atoms with E-state index in [0.29, 0.717) is 6.42 Å². The summed E-state index contributed by atoms with van der Waals surface area (Å²) in [5, 5.41) is 45.7. The van der Waals surface area contributed by atoms with Crippen LogP contribution in [0.15, 0.2) is 0 Å². The third-order valence-electron chi connectivity index (χ3n) is 20.5. The van der Waals surface area contributed by atoms with Crippen molar-refractivity contribution in [2.45, 2.75) is 356 Å². The van der Waals surface area contributed by atoms with Crippen molar-refractivity contribution in [2.75, 3.05) is 6.61 Å². The van der Waals surface area contributed by atoms with Crippen LogP contribution in [0.1, 0.15) is 272 Å². The number of cyclic esters (lactones) is 1. The summed E-state index contributed by atoms with van der Waals surface area (Å²) in [5.74, 6) is -24.5. The highest BCUT2D eigenvalue weighted by atomic mass is 16.5. The molecule has 0 saturated carbocycles. The second-order valence-corrected chi connectivity index (χ2v) is 35.2. The van der Waals surface area contributed by atoms with Crippen molar-refractivity contribution in [2.24, 2.45) is 70.3 Å². The molecule has 0 aromatic heterocycles. The number of rotatable bonds is 50. The third-order valence-corrected chi connectivity index (χ3v) is 20.5. The van der Waals surface area contributed by atoms with Gasteiger partial charge in [0.25, 0.3) is 0 Å². The van der Waals surface area contributed by atoms with Crippen molar-refractivity contribution in [1.29, 1.82) is 0 Å². The van der Waals surface area contributed by atoms with Crippen LogP contribution in [0.3, 0.4) is 0 Å². The molecule has 0 aromatic rings.